The molecule has 0 radical (unpaired) electrons. The van der Waals surface area contributed by atoms with Crippen LogP contribution in [0.3, 0.4) is 0 Å². The van der Waals surface area contributed by atoms with Gasteiger partial charge in [0.15, 0.2) is 0 Å². The van der Waals surface area contributed by atoms with Crippen molar-refractivity contribution in [3.05, 3.63) is 47.5 Å². The van der Waals surface area contributed by atoms with Crippen LogP contribution in [0.2, 0.25) is 0 Å². The van der Waals surface area contributed by atoms with Crippen LogP contribution in [0.5, 0.6) is 11.5 Å². The van der Waals surface area contributed by atoms with Crippen LogP contribution in [0.25, 0.3) is 11.1 Å². The lowest BCUT2D eigenvalue weighted by Crippen LogP contribution is -2.33. The van der Waals surface area contributed by atoms with Gasteiger partial charge in [-0.2, -0.15) is 25.3 Å². The number of thiol groups is 2. The van der Waals surface area contributed by atoms with Crippen LogP contribution in [0.4, 0.5) is 0 Å². The summed E-state index contributed by atoms with van der Waals surface area (Å²) in [5.41, 5.74) is 4.91. The Kier molecular flexibility index (Phi) is 5.64. The van der Waals surface area contributed by atoms with Gasteiger partial charge in [-0.25, -0.2) is 0 Å². The number of hydrogen-bond acceptors (Lipinski definition) is 6. The van der Waals surface area contributed by atoms with Gasteiger partial charge in [-0.05, 0) is 35.4 Å². The monoisotopic (exact) mass is 388 g/mol. The van der Waals surface area contributed by atoms with Gasteiger partial charge in [0.1, 0.15) is 25.0 Å². The average Bonchev–Trinajstić information content (AvgIpc) is 2.67. The van der Waals surface area contributed by atoms with E-state index in [4.69, 9.17) is 9.47 Å². The van der Waals surface area contributed by atoms with Crippen molar-refractivity contribution in [3.8, 4) is 22.6 Å². The molecule has 0 spiro atoms. The number of ether oxygens (including phenoxy) is 2. The minimum absolute atomic E-state index is 0.643. The average molecular weight is 389 g/mol. The lowest BCUT2D eigenvalue weighted by molar-refractivity contribution is 0.102. The molecule has 4 nitrogen and oxygen atoms in total. The molecule has 2 aromatic carbocycles. The molecular formula is C20H24N2O2S2. The summed E-state index contributed by atoms with van der Waals surface area (Å²) in [4.78, 5) is 4.55. The second-order valence-corrected chi connectivity index (χ2v) is 7.64. The van der Waals surface area contributed by atoms with Crippen LogP contribution in [0.1, 0.15) is 11.1 Å². The molecule has 0 N–H and O–H groups in total. The van der Waals surface area contributed by atoms with Crippen molar-refractivity contribution in [1.29, 1.82) is 0 Å². The fraction of sp³-hybridized carbons (Fsp3) is 0.400. The highest BCUT2D eigenvalue weighted by molar-refractivity contribution is 7.80. The fourth-order valence-corrected chi connectivity index (χ4v) is 4.08. The SMILES string of the molecule is SCCN1COc2ccc(-c3ccc4c(c3)CN(CCS)CO4)cc2C1. The van der Waals surface area contributed by atoms with Gasteiger partial charge in [0.2, 0.25) is 0 Å². The Morgan fingerprint density at radius 1 is 0.731 bits per heavy atom. The molecule has 0 aromatic heterocycles. The molecule has 2 heterocycles. The summed E-state index contributed by atoms with van der Waals surface area (Å²) in [5.74, 6) is 3.66. The van der Waals surface area contributed by atoms with Crippen molar-refractivity contribution in [1.82, 2.24) is 9.80 Å². The van der Waals surface area contributed by atoms with Crippen molar-refractivity contribution in [3.63, 3.8) is 0 Å². The predicted molar refractivity (Wildman–Crippen MR) is 111 cm³/mol. The second kappa shape index (κ2) is 8.13. The summed E-state index contributed by atoms with van der Waals surface area (Å²) >= 11 is 8.66. The van der Waals surface area contributed by atoms with E-state index in [1.807, 2.05) is 0 Å². The predicted octanol–water partition coefficient (Wildman–Crippen LogP) is 3.52. The third-order valence-corrected chi connectivity index (χ3v) is 5.28. The van der Waals surface area contributed by atoms with Crippen molar-refractivity contribution < 1.29 is 9.47 Å². The molecule has 0 unspecified atom stereocenters. The summed E-state index contributed by atoms with van der Waals surface area (Å²) in [6.45, 7) is 4.98. The van der Waals surface area contributed by atoms with Gasteiger partial charge in [-0.3, -0.25) is 9.80 Å². The zero-order chi connectivity index (χ0) is 17.9. The first kappa shape index (κ1) is 18.0. The minimum atomic E-state index is 0.643. The Morgan fingerprint density at radius 2 is 1.19 bits per heavy atom. The Balaban J connectivity index is 1.59. The molecule has 0 atom stereocenters. The maximum Gasteiger partial charge on any atom is 0.142 e. The van der Waals surface area contributed by atoms with E-state index in [2.05, 4.69) is 71.5 Å². The quantitative estimate of drug-likeness (QED) is 0.766. The molecule has 26 heavy (non-hydrogen) atoms. The third kappa shape index (κ3) is 3.83. The molecule has 0 saturated carbocycles. The molecule has 2 aliphatic rings. The van der Waals surface area contributed by atoms with E-state index in [0.29, 0.717) is 13.5 Å². The van der Waals surface area contributed by atoms with Crippen LogP contribution in [0.15, 0.2) is 36.4 Å². The highest BCUT2D eigenvalue weighted by atomic mass is 32.1. The summed E-state index contributed by atoms with van der Waals surface area (Å²) in [7, 11) is 0. The lowest BCUT2D eigenvalue weighted by atomic mass is 9.99. The van der Waals surface area contributed by atoms with Gasteiger partial charge < -0.3 is 9.47 Å². The van der Waals surface area contributed by atoms with E-state index in [1.54, 1.807) is 0 Å². The van der Waals surface area contributed by atoms with Gasteiger partial charge in [-0.15, -0.1) is 0 Å². The number of rotatable bonds is 5. The molecule has 2 aromatic rings. The van der Waals surface area contributed by atoms with Gasteiger partial charge in [0.25, 0.3) is 0 Å². The minimum Gasteiger partial charge on any atom is -0.478 e. The first-order valence-electron chi connectivity index (χ1n) is 8.95. The molecule has 0 amide bonds. The van der Waals surface area contributed by atoms with E-state index < -0.39 is 0 Å². The maximum atomic E-state index is 5.87. The van der Waals surface area contributed by atoms with Crippen molar-refractivity contribution in [2.75, 3.05) is 38.1 Å². The smallest absolute Gasteiger partial charge is 0.142 e. The van der Waals surface area contributed by atoms with Crippen molar-refractivity contribution in [2.45, 2.75) is 13.1 Å². The topological polar surface area (TPSA) is 24.9 Å². The van der Waals surface area contributed by atoms with Crippen molar-refractivity contribution >= 4 is 25.3 Å². The summed E-state index contributed by atoms with van der Waals surface area (Å²) < 4.78 is 11.7. The highest BCUT2D eigenvalue weighted by Crippen LogP contribution is 2.34. The Morgan fingerprint density at radius 3 is 1.62 bits per heavy atom. The van der Waals surface area contributed by atoms with Crippen LogP contribution in [0, 0.1) is 0 Å². The number of hydrogen-bond donors (Lipinski definition) is 2. The first-order valence-corrected chi connectivity index (χ1v) is 10.2. The van der Waals surface area contributed by atoms with E-state index in [9.17, 15) is 0 Å². The normalized spacial score (nSPS) is 17.2. The number of nitrogens with zero attached hydrogens (tertiary/aromatic N) is 2. The van der Waals surface area contributed by atoms with Crippen LogP contribution >= 0.6 is 25.3 Å². The molecule has 0 fully saturated rings. The van der Waals surface area contributed by atoms with Gasteiger partial charge in [0, 0.05) is 48.8 Å². The molecular weight excluding hydrogens is 364 g/mol. The van der Waals surface area contributed by atoms with E-state index in [1.165, 1.54) is 22.3 Å². The fourth-order valence-electron chi connectivity index (χ4n) is 3.51. The third-order valence-electron chi connectivity index (χ3n) is 4.88. The van der Waals surface area contributed by atoms with Gasteiger partial charge in [-0.1, -0.05) is 12.1 Å². The molecule has 0 aliphatic carbocycles. The standard InChI is InChI=1S/C20H24N2O2S2/c25-7-5-21-11-17-9-15(1-3-19(17)23-13-21)16-2-4-20-18(10-16)12-22(6-8-26)14-24-20/h1-4,9-10,25-26H,5-8,11-14H2. The maximum absolute atomic E-state index is 5.87. The molecule has 6 heteroatoms. The zero-order valence-electron chi connectivity index (χ0n) is 14.7. The lowest BCUT2D eigenvalue weighted by Gasteiger charge is -2.29. The largest absolute Gasteiger partial charge is 0.478 e. The second-order valence-electron chi connectivity index (χ2n) is 6.74. The van der Waals surface area contributed by atoms with Crippen LogP contribution in [-0.2, 0) is 13.1 Å². The zero-order valence-corrected chi connectivity index (χ0v) is 16.5. The van der Waals surface area contributed by atoms with Crippen LogP contribution < -0.4 is 9.47 Å². The Hall–Kier alpha value is -1.34. The summed E-state index contributed by atoms with van der Waals surface area (Å²) in [5, 5.41) is 0. The molecule has 4 rings (SSSR count). The Bertz CT molecular complexity index is 719. The Labute approximate surface area is 165 Å². The van der Waals surface area contributed by atoms with E-state index in [0.717, 1.165) is 49.2 Å². The van der Waals surface area contributed by atoms with Gasteiger partial charge >= 0.3 is 0 Å². The molecule has 0 bridgehead atoms. The summed E-state index contributed by atoms with van der Waals surface area (Å²) in [6.07, 6.45) is 0. The van der Waals surface area contributed by atoms with E-state index >= 15 is 0 Å². The highest BCUT2D eigenvalue weighted by Gasteiger charge is 2.19. The van der Waals surface area contributed by atoms with Gasteiger partial charge in [0.05, 0.1) is 0 Å². The van der Waals surface area contributed by atoms with E-state index in [-0.39, 0.29) is 0 Å². The molecule has 138 valence electrons. The number of benzene rings is 2. The molecule has 0 saturated heterocycles. The summed E-state index contributed by atoms with van der Waals surface area (Å²) in [6, 6.07) is 13.0. The first-order chi connectivity index (χ1) is 12.8. The van der Waals surface area contributed by atoms with Crippen molar-refractivity contribution in [2.24, 2.45) is 0 Å². The number of fused-ring (bicyclic) bond motifs is 2. The van der Waals surface area contributed by atoms with Crippen LogP contribution in [-0.4, -0.2) is 47.9 Å². The molecule has 2 aliphatic heterocycles.